The molecule has 0 fully saturated rings. The van der Waals surface area contributed by atoms with Crippen molar-refractivity contribution < 1.29 is 24.0 Å². The maximum atomic E-state index is 13.4. The predicted molar refractivity (Wildman–Crippen MR) is 169 cm³/mol. The first-order valence-corrected chi connectivity index (χ1v) is 14.4. The summed E-state index contributed by atoms with van der Waals surface area (Å²) in [6.45, 7) is 1.79. The van der Waals surface area contributed by atoms with Crippen molar-refractivity contribution in [2.75, 3.05) is 13.1 Å². The third-order valence-corrected chi connectivity index (χ3v) is 6.65. The highest BCUT2D eigenvalue weighted by molar-refractivity contribution is 6.09. The summed E-state index contributed by atoms with van der Waals surface area (Å²) in [7, 11) is 0. The highest BCUT2D eigenvalue weighted by Crippen LogP contribution is 2.13. The molecular formula is C30H42N10O5. The Morgan fingerprint density at radius 2 is 1.13 bits per heavy atom. The number of nitrogens with two attached hydrogens (primary N) is 3. The molecule has 45 heavy (non-hydrogen) atoms. The molecule has 0 aliphatic carbocycles. The molecule has 242 valence electrons. The zero-order valence-electron chi connectivity index (χ0n) is 25.2. The maximum Gasteiger partial charge on any atom is 0.243 e. The molecule has 0 saturated carbocycles. The summed E-state index contributed by atoms with van der Waals surface area (Å²) in [5.74, 6) is -3.20. The van der Waals surface area contributed by atoms with E-state index in [1.165, 1.54) is 6.92 Å². The SMILES string of the molecule is CC(=O)NC(CCCNC(=N)N)C(=O)NC(CCCNC(=N)N)C(=O)NC(Cc1ccc(C(=O)c2ccccc2)cc1)C(N)=O. The van der Waals surface area contributed by atoms with Gasteiger partial charge in [-0.3, -0.25) is 34.8 Å². The topological polar surface area (TPSA) is 271 Å². The van der Waals surface area contributed by atoms with Gasteiger partial charge in [-0.2, -0.15) is 0 Å². The summed E-state index contributed by atoms with van der Waals surface area (Å²) >= 11 is 0. The van der Waals surface area contributed by atoms with Gasteiger partial charge >= 0.3 is 0 Å². The van der Waals surface area contributed by atoms with Gasteiger partial charge in [0.1, 0.15) is 18.1 Å². The number of benzene rings is 2. The minimum absolute atomic E-state index is 0.0328. The minimum atomic E-state index is -1.13. The first-order valence-electron chi connectivity index (χ1n) is 14.4. The molecule has 0 heterocycles. The van der Waals surface area contributed by atoms with Crippen molar-refractivity contribution in [3.63, 3.8) is 0 Å². The van der Waals surface area contributed by atoms with E-state index in [9.17, 15) is 24.0 Å². The van der Waals surface area contributed by atoms with Crippen LogP contribution in [-0.2, 0) is 25.6 Å². The minimum Gasteiger partial charge on any atom is -0.370 e. The smallest absolute Gasteiger partial charge is 0.243 e. The molecule has 0 spiro atoms. The van der Waals surface area contributed by atoms with Crippen LogP contribution in [0.1, 0.15) is 54.1 Å². The monoisotopic (exact) mass is 622 g/mol. The van der Waals surface area contributed by atoms with Crippen LogP contribution >= 0.6 is 0 Å². The Kier molecular flexibility index (Phi) is 14.5. The van der Waals surface area contributed by atoms with Gasteiger partial charge in [-0.25, -0.2) is 0 Å². The fraction of sp³-hybridized carbons (Fsp3) is 0.367. The quantitative estimate of drug-likeness (QED) is 0.0420. The Hall–Kier alpha value is -5.47. The number of hydrogen-bond acceptors (Lipinski definition) is 7. The van der Waals surface area contributed by atoms with Crippen LogP contribution in [0, 0.1) is 10.8 Å². The van der Waals surface area contributed by atoms with E-state index < -0.39 is 41.8 Å². The van der Waals surface area contributed by atoms with Crippen LogP contribution in [0.4, 0.5) is 0 Å². The number of amides is 4. The van der Waals surface area contributed by atoms with Crippen LogP contribution in [-0.4, -0.2) is 72.5 Å². The number of carbonyl (C=O) groups excluding carboxylic acids is 5. The largest absolute Gasteiger partial charge is 0.370 e. The van der Waals surface area contributed by atoms with E-state index in [0.717, 1.165) is 0 Å². The van der Waals surface area contributed by atoms with E-state index in [-0.39, 0.29) is 43.5 Å². The summed E-state index contributed by atoms with van der Waals surface area (Å²) in [6, 6.07) is 12.1. The van der Waals surface area contributed by atoms with Gasteiger partial charge in [0.2, 0.25) is 23.6 Å². The van der Waals surface area contributed by atoms with Crippen LogP contribution in [0.25, 0.3) is 0 Å². The van der Waals surface area contributed by atoms with Crippen molar-refractivity contribution in [1.82, 2.24) is 26.6 Å². The lowest BCUT2D eigenvalue weighted by Gasteiger charge is -2.25. The standard InChI is InChI=1S/C30H42N10O5/c1-18(41)38-22(9-5-15-36-29(32)33)27(44)39-23(10-6-16-37-30(34)35)28(45)40-24(26(31)43)17-19-11-13-21(14-12-19)25(42)20-7-3-2-4-8-20/h2-4,7-8,11-14,22-24H,5-6,9-10,15-17H2,1H3,(H2,31,43)(H,38,41)(H,39,44)(H,40,45)(H4,32,33,36)(H4,34,35,37). The summed E-state index contributed by atoms with van der Waals surface area (Å²) in [4.78, 5) is 63.4. The van der Waals surface area contributed by atoms with Gasteiger partial charge in [0.25, 0.3) is 0 Å². The average Bonchev–Trinajstić information content (AvgIpc) is 2.99. The molecule has 15 heteroatoms. The molecule has 4 amide bonds. The third-order valence-electron chi connectivity index (χ3n) is 6.65. The highest BCUT2D eigenvalue weighted by Gasteiger charge is 2.28. The zero-order chi connectivity index (χ0) is 33.4. The number of hydrogen-bond donors (Lipinski definition) is 10. The first kappa shape index (κ1) is 35.7. The zero-order valence-corrected chi connectivity index (χ0v) is 25.2. The normalized spacial score (nSPS) is 12.5. The second-order valence-electron chi connectivity index (χ2n) is 10.3. The molecule has 0 aromatic heterocycles. The number of primary amides is 1. The van der Waals surface area contributed by atoms with Crippen molar-refractivity contribution in [3.8, 4) is 0 Å². The molecule has 2 rings (SSSR count). The van der Waals surface area contributed by atoms with Gasteiger partial charge in [0.05, 0.1) is 0 Å². The van der Waals surface area contributed by atoms with Crippen molar-refractivity contribution in [2.24, 2.45) is 17.2 Å². The van der Waals surface area contributed by atoms with Crippen LogP contribution in [0.5, 0.6) is 0 Å². The molecule has 3 unspecified atom stereocenters. The molecule has 2 aromatic rings. The fourth-order valence-electron chi connectivity index (χ4n) is 4.39. The van der Waals surface area contributed by atoms with Gasteiger partial charge in [0.15, 0.2) is 17.7 Å². The Morgan fingerprint density at radius 3 is 1.60 bits per heavy atom. The van der Waals surface area contributed by atoms with Crippen LogP contribution in [0.15, 0.2) is 54.6 Å². The van der Waals surface area contributed by atoms with Crippen molar-refractivity contribution >= 4 is 41.3 Å². The Bertz CT molecular complexity index is 1350. The molecular weight excluding hydrogens is 580 g/mol. The highest BCUT2D eigenvalue weighted by atomic mass is 16.2. The summed E-state index contributed by atoms with van der Waals surface area (Å²) in [6.07, 6.45) is 1.04. The van der Waals surface area contributed by atoms with E-state index in [1.54, 1.807) is 48.5 Å². The number of guanidine groups is 2. The van der Waals surface area contributed by atoms with Crippen molar-refractivity contribution in [3.05, 3.63) is 71.3 Å². The summed E-state index contributed by atoms with van der Waals surface area (Å²) in [5, 5.41) is 27.6. The van der Waals surface area contributed by atoms with E-state index >= 15 is 0 Å². The molecule has 13 N–H and O–H groups in total. The maximum absolute atomic E-state index is 13.4. The molecule has 0 radical (unpaired) electrons. The van der Waals surface area contributed by atoms with Gasteiger partial charge in [-0.05, 0) is 31.2 Å². The lowest BCUT2D eigenvalue weighted by atomic mass is 9.99. The Balaban J connectivity index is 2.14. The molecule has 0 aliphatic rings. The van der Waals surface area contributed by atoms with Gasteiger partial charge < -0.3 is 43.8 Å². The molecule has 0 saturated heterocycles. The van der Waals surface area contributed by atoms with Crippen LogP contribution in [0.2, 0.25) is 0 Å². The number of rotatable bonds is 18. The summed E-state index contributed by atoms with van der Waals surface area (Å²) < 4.78 is 0. The Labute approximate surface area is 261 Å². The van der Waals surface area contributed by atoms with Crippen molar-refractivity contribution in [1.29, 1.82) is 10.8 Å². The van der Waals surface area contributed by atoms with E-state index in [0.29, 0.717) is 36.1 Å². The molecule has 2 aromatic carbocycles. The van der Waals surface area contributed by atoms with Crippen molar-refractivity contribution in [2.45, 2.75) is 57.2 Å². The average molecular weight is 623 g/mol. The van der Waals surface area contributed by atoms with E-state index in [1.807, 2.05) is 6.07 Å². The molecule has 0 bridgehead atoms. The number of nitrogens with one attached hydrogen (secondary N) is 7. The van der Waals surface area contributed by atoms with E-state index in [4.69, 9.17) is 28.0 Å². The van der Waals surface area contributed by atoms with E-state index in [2.05, 4.69) is 26.6 Å². The number of ketones is 1. The molecule has 0 aliphatic heterocycles. The van der Waals surface area contributed by atoms with Crippen LogP contribution in [0.3, 0.4) is 0 Å². The lowest BCUT2D eigenvalue weighted by Crippen LogP contribution is -2.56. The van der Waals surface area contributed by atoms with Gasteiger partial charge in [-0.1, -0.05) is 54.6 Å². The van der Waals surface area contributed by atoms with Gasteiger partial charge in [0, 0.05) is 37.6 Å². The van der Waals surface area contributed by atoms with Crippen LogP contribution < -0.4 is 43.8 Å². The predicted octanol–water partition coefficient (Wildman–Crippen LogP) is -1.05. The fourth-order valence-corrected chi connectivity index (χ4v) is 4.39. The molecule has 3 atom stereocenters. The third kappa shape index (κ3) is 13.1. The summed E-state index contributed by atoms with van der Waals surface area (Å²) in [5.41, 5.74) is 17.9. The second kappa shape index (κ2) is 18.3. The Morgan fingerprint density at radius 1 is 0.667 bits per heavy atom. The lowest BCUT2D eigenvalue weighted by molar-refractivity contribution is -0.133. The molecule has 15 nitrogen and oxygen atoms in total. The first-order chi connectivity index (χ1) is 21.4. The van der Waals surface area contributed by atoms with Gasteiger partial charge in [-0.15, -0.1) is 0 Å². The second-order valence-corrected chi connectivity index (χ2v) is 10.3. The number of carbonyl (C=O) groups is 5.